The molecule has 1 heterocycles. The van der Waals surface area contributed by atoms with E-state index in [-0.39, 0.29) is 58.4 Å². The van der Waals surface area contributed by atoms with E-state index in [0.29, 0.717) is 18.0 Å². The predicted octanol–water partition coefficient (Wildman–Crippen LogP) is 6.73. The second-order valence-electron chi connectivity index (χ2n) is 12.5. The van der Waals surface area contributed by atoms with Gasteiger partial charge in [0.05, 0.1) is 19.7 Å². The summed E-state index contributed by atoms with van der Waals surface area (Å²) in [6.45, 7) is 15.9. The van der Waals surface area contributed by atoms with Crippen LogP contribution in [0.4, 0.5) is 0 Å². The highest BCUT2D eigenvalue weighted by Gasteiger charge is 2.38. The molecule has 0 aliphatic carbocycles. The van der Waals surface area contributed by atoms with Crippen molar-refractivity contribution in [1.82, 2.24) is 4.90 Å². The Hall–Kier alpha value is -2.18. The lowest BCUT2D eigenvalue weighted by Gasteiger charge is -2.28. The van der Waals surface area contributed by atoms with Crippen molar-refractivity contribution in [3.05, 3.63) is 64.7 Å². The fourth-order valence-electron chi connectivity index (χ4n) is 5.47. The number of carbonyl (C=O) groups excluding carboxylic acids is 1. The Bertz CT molecular complexity index is 1060. The van der Waals surface area contributed by atoms with Crippen LogP contribution in [0.15, 0.2) is 47.5 Å². The highest BCUT2D eigenvalue weighted by atomic mass is 79.9. The number of benzene rings is 2. The van der Waals surface area contributed by atoms with Crippen LogP contribution in [0.2, 0.25) is 0 Å². The standard InChI is InChI=1S/C32H46N2O3.BrH/c1-8-12-23-20-34(30(33-15-16-35)25(23)17-22-13-10-9-11-14-22)21-28(36)24-18-26(31(2,3)4)29(37)27(19-24)32(5,6)7;/h9-11,13-14,18-19,23,25,35,37H,8,12,15-17,20-21H2,1-7H3;1H. The molecule has 2 aromatic carbocycles. The summed E-state index contributed by atoms with van der Waals surface area (Å²) in [5.41, 5.74) is 2.90. The lowest BCUT2D eigenvalue weighted by molar-refractivity contribution is 0.0963. The molecule has 1 fully saturated rings. The summed E-state index contributed by atoms with van der Waals surface area (Å²) < 4.78 is 0. The number of aliphatic imine (C=N–C) groups is 1. The van der Waals surface area contributed by atoms with Gasteiger partial charge >= 0.3 is 0 Å². The second kappa shape index (κ2) is 13.3. The summed E-state index contributed by atoms with van der Waals surface area (Å²) in [5, 5.41) is 20.6. The number of halogens is 1. The molecule has 1 saturated heterocycles. The van der Waals surface area contributed by atoms with E-state index in [2.05, 4.69) is 77.6 Å². The third-order valence-electron chi connectivity index (χ3n) is 7.39. The van der Waals surface area contributed by atoms with Gasteiger partial charge in [0, 0.05) is 29.2 Å². The van der Waals surface area contributed by atoms with E-state index < -0.39 is 0 Å². The highest BCUT2D eigenvalue weighted by molar-refractivity contribution is 8.93. The van der Waals surface area contributed by atoms with E-state index in [1.54, 1.807) is 0 Å². The first kappa shape index (κ1) is 32.0. The Kier molecular flexibility index (Phi) is 11.2. The summed E-state index contributed by atoms with van der Waals surface area (Å²) >= 11 is 0. The number of aromatic hydroxyl groups is 1. The van der Waals surface area contributed by atoms with Crippen LogP contribution in [0.1, 0.15) is 88.4 Å². The van der Waals surface area contributed by atoms with Gasteiger partial charge < -0.3 is 15.1 Å². The molecule has 0 saturated carbocycles. The van der Waals surface area contributed by atoms with Crippen molar-refractivity contribution in [3.63, 3.8) is 0 Å². The third-order valence-corrected chi connectivity index (χ3v) is 7.39. The quantitative estimate of drug-likeness (QED) is 0.319. The molecule has 0 bridgehead atoms. The summed E-state index contributed by atoms with van der Waals surface area (Å²) in [6, 6.07) is 14.2. The number of likely N-dealkylation sites (tertiary alicyclic amines) is 1. The average Bonchev–Trinajstić information content (AvgIpc) is 3.12. The number of phenolic OH excluding ortho intramolecular Hbond substituents is 1. The van der Waals surface area contributed by atoms with Gasteiger partial charge in [0.1, 0.15) is 11.6 Å². The number of aliphatic hydroxyl groups excluding tert-OH is 1. The number of rotatable bonds is 9. The maximum Gasteiger partial charge on any atom is 0.182 e. The molecule has 0 radical (unpaired) electrons. The van der Waals surface area contributed by atoms with Gasteiger partial charge in [-0.3, -0.25) is 9.79 Å². The molecule has 2 N–H and O–H groups in total. The van der Waals surface area contributed by atoms with Gasteiger partial charge in [0.2, 0.25) is 0 Å². The number of aliphatic hydroxyl groups is 1. The van der Waals surface area contributed by atoms with Crippen molar-refractivity contribution in [1.29, 1.82) is 0 Å². The second-order valence-corrected chi connectivity index (χ2v) is 12.5. The zero-order chi connectivity index (χ0) is 27.4. The molecule has 1 aliphatic rings. The number of ketones is 1. The normalized spacial score (nSPS) is 19.1. The number of amidine groups is 1. The van der Waals surface area contributed by atoms with E-state index in [1.807, 2.05) is 18.2 Å². The molecule has 0 aromatic heterocycles. The van der Waals surface area contributed by atoms with Crippen molar-refractivity contribution < 1.29 is 15.0 Å². The summed E-state index contributed by atoms with van der Waals surface area (Å²) in [7, 11) is 0. The Morgan fingerprint density at radius 2 is 1.61 bits per heavy atom. The van der Waals surface area contributed by atoms with Gasteiger partial charge in [0.15, 0.2) is 5.78 Å². The van der Waals surface area contributed by atoms with Crippen LogP contribution >= 0.6 is 17.0 Å². The SMILES string of the molecule is Br.CCCC1CN(CC(=O)c2cc(C(C)(C)C)c(O)c(C(C)(C)C)c2)C(=NCCO)C1Cc1ccccc1. The fourth-order valence-corrected chi connectivity index (χ4v) is 5.47. The van der Waals surface area contributed by atoms with Crippen LogP contribution in [0.5, 0.6) is 5.75 Å². The molecule has 38 heavy (non-hydrogen) atoms. The number of Topliss-reactive ketones (excluding diaryl/α,β-unsaturated/α-hetero) is 1. The Morgan fingerprint density at radius 1 is 1.03 bits per heavy atom. The molecular formula is C32H47BrN2O3. The van der Waals surface area contributed by atoms with E-state index in [1.165, 1.54) is 5.56 Å². The first-order valence-electron chi connectivity index (χ1n) is 13.7. The fraction of sp³-hybridized carbons (Fsp3) is 0.562. The largest absolute Gasteiger partial charge is 0.507 e. The molecule has 1 aliphatic heterocycles. The molecule has 2 atom stereocenters. The van der Waals surface area contributed by atoms with Gasteiger partial charge in [-0.25, -0.2) is 0 Å². The number of hydrogen-bond donors (Lipinski definition) is 2. The Labute approximate surface area is 240 Å². The van der Waals surface area contributed by atoms with Crippen molar-refractivity contribution in [2.45, 2.75) is 78.6 Å². The molecule has 210 valence electrons. The van der Waals surface area contributed by atoms with Crippen LogP contribution < -0.4 is 0 Å². The van der Waals surface area contributed by atoms with Crippen molar-refractivity contribution in [3.8, 4) is 5.75 Å². The number of hydrogen-bond acceptors (Lipinski definition) is 4. The van der Waals surface area contributed by atoms with Crippen LogP contribution in [0.3, 0.4) is 0 Å². The Balaban J connectivity index is 0.00000507. The molecule has 2 aromatic rings. The van der Waals surface area contributed by atoms with Gasteiger partial charge in [-0.2, -0.15) is 0 Å². The van der Waals surface area contributed by atoms with Crippen molar-refractivity contribution in [2.24, 2.45) is 16.8 Å². The minimum absolute atomic E-state index is 0. The Morgan fingerprint density at radius 3 is 2.11 bits per heavy atom. The van der Waals surface area contributed by atoms with Crippen LogP contribution in [-0.2, 0) is 17.3 Å². The minimum atomic E-state index is -0.297. The number of phenols is 1. The summed E-state index contributed by atoms with van der Waals surface area (Å²) in [6.07, 6.45) is 3.02. The highest BCUT2D eigenvalue weighted by Crippen LogP contribution is 2.40. The maximum absolute atomic E-state index is 13.8. The molecule has 0 amide bonds. The zero-order valence-electron chi connectivity index (χ0n) is 24.3. The molecule has 0 spiro atoms. The molecule has 3 rings (SSSR count). The van der Waals surface area contributed by atoms with Gasteiger partial charge in [0.25, 0.3) is 0 Å². The lowest BCUT2D eigenvalue weighted by atomic mass is 9.78. The molecule has 5 nitrogen and oxygen atoms in total. The minimum Gasteiger partial charge on any atom is -0.507 e. The van der Waals surface area contributed by atoms with Gasteiger partial charge in [-0.15, -0.1) is 17.0 Å². The first-order chi connectivity index (χ1) is 17.4. The van der Waals surface area contributed by atoms with E-state index >= 15 is 0 Å². The predicted molar refractivity (Wildman–Crippen MR) is 163 cm³/mol. The summed E-state index contributed by atoms with van der Waals surface area (Å²) in [4.78, 5) is 20.7. The van der Waals surface area contributed by atoms with Crippen LogP contribution in [-0.4, -0.2) is 53.0 Å². The van der Waals surface area contributed by atoms with E-state index in [9.17, 15) is 15.0 Å². The first-order valence-corrected chi connectivity index (χ1v) is 13.7. The smallest absolute Gasteiger partial charge is 0.182 e. The third kappa shape index (κ3) is 7.69. The van der Waals surface area contributed by atoms with E-state index in [4.69, 9.17) is 4.99 Å². The number of carbonyl (C=O) groups is 1. The van der Waals surface area contributed by atoms with Crippen molar-refractivity contribution >= 4 is 28.6 Å². The van der Waals surface area contributed by atoms with Gasteiger partial charge in [-0.1, -0.05) is 85.2 Å². The van der Waals surface area contributed by atoms with Crippen molar-refractivity contribution in [2.75, 3.05) is 26.2 Å². The van der Waals surface area contributed by atoms with Gasteiger partial charge in [-0.05, 0) is 47.3 Å². The maximum atomic E-state index is 13.8. The summed E-state index contributed by atoms with van der Waals surface area (Å²) in [5.74, 6) is 1.88. The monoisotopic (exact) mass is 586 g/mol. The molecule has 2 unspecified atom stereocenters. The zero-order valence-corrected chi connectivity index (χ0v) is 26.0. The molecule has 6 heteroatoms. The average molecular weight is 588 g/mol. The van der Waals surface area contributed by atoms with E-state index in [0.717, 1.165) is 42.8 Å². The lowest BCUT2D eigenvalue weighted by Crippen LogP contribution is -2.34. The topological polar surface area (TPSA) is 73.1 Å². The van der Waals surface area contributed by atoms with Crippen LogP contribution in [0.25, 0.3) is 0 Å². The van der Waals surface area contributed by atoms with Crippen LogP contribution in [0, 0.1) is 11.8 Å². The molecular weight excluding hydrogens is 540 g/mol. The number of nitrogens with zero attached hydrogens (tertiary/aromatic N) is 2.